The van der Waals surface area contributed by atoms with Crippen LogP contribution in [-0.4, -0.2) is 50.3 Å². The van der Waals surface area contributed by atoms with Gasteiger partial charge in [-0.3, -0.25) is 0 Å². The molecule has 0 saturated carbocycles. The summed E-state index contributed by atoms with van der Waals surface area (Å²) in [4.78, 5) is 3.46. The Morgan fingerprint density at radius 2 is 1.80 bits per heavy atom. The van der Waals surface area contributed by atoms with Crippen LogP contribution >= 0.6 is 0 Å². The average Bonchev–Trinajstić information content (AvgIpc) is 3.24. The summed E-state index contributed by atoms with van der Waals surface area (Å²) in [7, 11) is 0. The molecule has 0 amide bonds. The molecule has 0 radical (unpaired) electrons. The monoisotopic (exact) mass is 474 g/mol. The van der Waals surface area contributed by atoms with Crippen molar-refractivity contribution in [2.24, 2.45) is 0 Å². The first-order valence-corrected chi connectivity index (χ1v) is 9.61. The van der Waals surface area contributed by atoms with Crippen LogP contribution in [0.1, 0.15) is 17.4 Å². The summed E-state index contributed by atoms with van der Waals surface area (Å²) in [6, 6.07) is 7.26. The predicted molar refractivity (Wildman–Crippen MR) is 108 cm³/mol. The van der Waals surface area contributed by atoms with E-state index >= 15 is 0 Å². The molecule has 0 bridgehead atoms. The summed E-state index contributed by atoms with van der Waals surface area (Å²) in [6.07, 6.45) is -0.164. The molecule has 4 atom stereocenters. The zero-order valence-electron chi connectivity index (χ0n) is 16.5. The SMILES string of the molecule is Cc1c2cc[n+]([C@H]3O[C@H](CO)[C@@H](O)[C@H]3O)cc2c(C)c2c1[nH]c1ccc(O)cc12.[Br-]. The number of hydrogen-bond acceptors (Lipinski definition) is 5. The normalized spacial score (nSPS) is 24.0. The van der Waals surface area contributed by atoms with Crippen LogP contribution in [0.15, 0.2) is 36.7 Å². The fourth-order valence-electron chi connectivity index (χ4n) is 4.54. The zero-order chi connectivity index (χ0) is 20.4. The van der Waals surface area contributed by atoms with Gasteiger partial charge in [-0.1, -0.05) is 0 Å². The van der Waals surface area contributed by atoms with Gasteiger partial charge < -0.3 is 47.1 Å². The Hall–Kier alpha value is -2.23. The number of aryl methyl sites for hydroxylation is 2. The molecular formula is C22H23BrN2O5. The second kappa shape index (κ2) is 7.47. The maximum Gasteiger partial charge on any atom is 0.292 e. The first-order chi connectivity index (χ1) is 13.9. The van der Waals surface area contributed by atoms with Crippen molar-refractivity contribution in [3.8, 4) is 5.75 Å². The van der Waals surface area contributed by atoms with Crippen molar-refractivity contribution in [2.45, 2.75) is 38.4 Å². The molecule has 2 aromatic carbocycles. The van der Waals surface area contributed by atoms with Crippen molar-refractivity contribution < 1.29 is 46.7 Å². The van der Waals surface area contributed by atoms with Crippen molar-refractivity contribution in [1.82, 2.24) is 4.98 Å². The molecule has 1 aliphatic rings. The second-order valence-corrected chi connectivity index (χ2v) is 7.80. The molecule has 7 nitrogen and oxygen atoms in total. The Morgan fingerprint density at radius 1 is 1.03 bits per heavy atom. The molecular weight excluding hydrogens is 452 g/mol. The standard InChI is InChI=1S/C22H22N2O5.BrH/c1-10-15-8-24(22-21(28)20(27)17(9-25)29-22)6-5-13(15)11(2)19-18(10)14-7-12(26)3-4-16(14)23-19;/h3-8,17,20-22,25-28H,9H2,1-2H3;1H/t17-,20-,21-,22+;/m1./s1. The largest absolute Gasteiger partial charge is 1.00 e. The number of fused-ring (bicyclic) bond motifs is 4. The van der Waals surface area contributed by atoms with Gasteiger partial charge in [-0.25, -0.2) is 0 Å². The highest BCUT2D eigenvalue weighted by Crippen LogP contribution is 2.37. The van der Waals surface area contributed by atoms with Crippen molar-refractivity contribution in [1.29, 1.82) is 0 Å². The van der Waals surface area contributed by atoms with Crippen LogP contribution in [0.2, 0.25) is 0 Å². The van der Waals surface area contributed by atoms with E-state index in [0.29, 0.717) is 0 Å². The summed E-state index contributed by atoms with van der Waals surface area (Å²) in [5, 5.41) is 43.8. The molecule has 5 N–H and O–H groups in total. The van der Waals surface area contributed by atoms with E-state index in [1.54, 1.807) is 16.7 Å². The number of pyridine rings is 1. The lowest BCUT2D eigenvalue weighted by Gasteiger charge is -2.12. The van der Waals surface area contributed by atoms with Crippen LogP contribution in [0, 0.1) is 13.8 Å². The summed E-state index contributed by atoms with van der Waals surface area (Å²) < 4.78 is 7.40. The minimum atomic E-state index is -1.14. The highest BCUT2D eigenvalue weighted by molar-refractivity contribution is 6.16. The Bertz CT molecular complexity index is 1270. The topological polar surface area (TPSA) is 110 Å². The van der Waals surface area contributed by atoms with Gasteiger partial charge in [0.15, 0.2) is 18.5 Å². The fraction of sp³-hybridized carbons (Fsp3) is 0.318. The molecule has 3 heterocycles. The fourth-order valence-corrected chi connectivity index (χ4v) is 4.54. The minimum Gasteiger partial charge on any atom is -1.00 e. The minimum absolute atomic E-state index is 0. The van der Waals surface area contributed by atoms with Gasteiger partial charge >= 0.3 is 0 Å². The third-order valence-corrected chi connectivity index (χ3v) is 6.13. The van der Waals surface area contributed by atoms with Gasteiger partial charge in [-0.2, -0.15) is 4.57 Å². The molecule has 0 spiro atoms. The van der Waals surface area contributed by atoms with Gasteiger partial charge in [0.05, 0.1) is 12.1 Å². The molecule has 2 aromatic heterocycles. The second-order valence-electron chi connectivity index (χ2n) is 7.80. The first kappa shape index (κ1) is 21.0. The smallest absolute Gasteiger partial charge is 0.292 e. The number of aliphatic hydroxyl groups excluding tert-OH is 3. The number of phenolic OH excluding ortho intramolecular Hbond substituents is 1. The number of phenols is 1. The van der Waals surface area contributed by atoms with E-state index < -0.39 is 24.5 Å². The van der Waals surface area contributed by atoms with E-state index in [1.807, 2.05) is 31.5 Å². The number of hydrogen-bond donors (Lipinski definition) is 5. The molecule has 5 rings (SSSR count). The van der Waals surface area contributed by atoms with Crippen LogP contribution in [-0.2, 0) is 4.74 Å². The highest BCUT2D eigenvalue weighted by Gasteiger charge is 2.48. The number of aromatic amines is 1. The molecule has 1 fully saturated rings. The molecule has 8 heteroatoms. The summed E-state index contributed by atoms with van der Waals surface area (Å²) in [6.45, 7) is 3.72. The third kappa shape index (κ3) is 2.91. The Balaban J connectivity index is 0.00000218. The van der Waals surface area contributed by atoms with Gasteiger partial charge in [-0.15, -0.1) is 0 Å². The lowest BCUT2D eigenvalue weighted by atomic mass is 9.97. The molecule has 0 unspecified atom stereocenters. The number of benzene rings is 2. The molecule has 1 aliphatic heterocycles. The highest BCUT2D eigenvalue weighted by atomic mass is 79.9. The molecule has 1 saturated heterocycles. The maximum atomic E-state index is 10.4. The van der Waals surface area contributed by atoms with E-state index in [-0.39, 0.29) is 29.3 Å². The first-order valence-electron chi connectivity index (χ1n) is 9.61. The predicted octanol–water partition coefficient (Wildman–Crippen LogP) is -1.30. The summed E-state index contributed by atoms with van der Waals surface area (Å²) in [5.74, 6) is 0.213. The zero-order valence-corrected chi connectivity index (χ0v) is 18.1. The van der Waals surface area contributed by atoms with Crippen molar-refractivity contribution in [3.63, 3.8) is 0 Å². The molecule has 4 aromatic rings. The summed E-state index contributed by atoms with van der Waals surface area (Å²) in [5.41, 5.74) is 4.11. The van der Waals surface area contributed by atoms with Crippen LogP contribution < -0.4 is 21.5 Å². The molecule has 0 aliphatic carbocycles. The van der Waals surface area contributed by atoms with E-state index in [9.17, 15) is 20.4 Å². The van der Waals surface area contributed by atoms with Crippen molar-refractivity contribution in [3.05, 3.63) is 47.8 Å². The average molecular weight is 475 g/mol. The number of nitrogens with zero attached hydrogens (tertiary/aromatic N) is 1. The molecule has 30 heavy (non-hydrogen) atoms. The Kier molecular flexibility index (Phi) is 5.24. The maximum absolute atomic E-state index is 10.4. The van der Waals surface area contributed by atoms with Crippen LogP contribution in [0.4, 0.5) is 0 Å². The number of rotatable bonds is 2. The van der Waals surface area contributed by atoms with Crippen LogP contribution in [0.3, 0.4) is 0 Å². The van der Waals surface area contributed by atoms with E-state index in [4.69, 9.17) is 4.74 Å². The van der Waals surface area contributed by atoms with Crippen LogP contribution in [0.5, 0.6) is 5.75 Å². The van der Waals surface area contributed by atoms with Gasteiger partial charge in [0.2, 0.25) is 0 Å². The lowest BCUT2D eigenvalue weighted by Crippen LogP contribution is -3.00. The number of aromatic nitrogens is 2. The van der Waals surface area contributed by atoms with Crippen molar-refractivity contribution in [2.75, 3.05) is 6.61 Å². The van der Waals surface area contributed by atoms with Crippen LogP contribution in [0.25, 0.3) is 32.6 Å². The number of ether oxygens (including phenoxy) is 1. The third-order valence-electron chi connectivity index (χ3n) is 6.13. The quantitative estimate of drug-likeness (QED) is 0.232. The number of aromatic hydroxyl groups is 1. The number of H-pyrrole nitrogens is 1. The molecule has 158 valence electrons. The van der Waals surface area contributed by atoms with Gasteiger partial charge in [0.25, 0.3) is 6.23 Å². The van der Waals surface area contributed by atoms with E-state index in [0.717, 1.165) is 43.7 Å². The number of nitrogens with one attached hydrogen (secondary N) is 1. The Labute approximate surface area is 182 Å². The lowest BCUT2D eigenvalue weighted by molar-refractivity contribution is -0.764. The van der Waals surface area contributed by atoms with Gasteiger partial charge in [0, 0.05) is 27.7 Å². The van der Waals surface area contributed by atoms with Gasteiger partial charge in [-0.05, 0) is 48.6 Å². The number of aliphatic hydroxyl groups is 3. The van der Waals surface area contributed by atoms with Crippen molar-refractivity contribution >= 4 is 32.6 Å². The number of halogens is 1. The summed E-state index contributed by atoms with van der Waals surface area (Å²) >= 11 is 0. The van der Waals surface area contributed by atoms with Gasteiger partial charge in [0.1, 0.15) is 18.0 Å². The Morgan fingerprint density at radius 3 is 2.50 bits per heavy atom. The van der Waals surface area contributed by atoms with E-state index in [2.05, 4.69) is 11.9 Å². The van der Waals surface area contributed by atoms with E-state index in [1.165, 1.54) is 0 Å².